The van der Waals surface area contributed by atoms with E-state index < -0.39 is 12.5 Å². The Kier molecular flexibility index (Phi) is 4.56. The summed E-state index contributed by atoms with van der Waals surface area (Å²) in [7, 11) is 0. The van der Waals surface area contributed by atoms with Crippen molar-refractivity contribution in [1.82, 2.24) is 19.7 Å². The lowest BCUT2D eigenvalue weighted by Crippen LogP contribution is -2.48. The number of carboxylic acid groups (broad SMARTS) is 1. The molecule has 3 heterocycles. The first kappa shape index (κ1) is 18.8. The minimum Gasteiger partial charge on any atom is -0.465 e. The highest BCUT2D eigenvalue weighted by Gasteiger charge is 2.36. The van der Waals surface area contributed by atoms with Crippen molar-refractivity contribution in [3.8, 4) is 11.4 Å². The smallest absolute Gasteiger partial charge is 0.465 e. The third-order valence-electron chi connectivity index (χ3n) is 4.40. The van der Waals surface area contributed by atoms with Crippen LogP contribution in [0.25, 0.3) is 16.7 Å². The number of benzene rings is 1. The van der Waals surface area contributed by atoms with Crippen molar-refractivity contribution in [2.75, 3.05) is 13.1 Å². The molecule has 0 aliphatic carbocycles. The Morgan fingerprint density at radius 2 is 1.89 bits per heavy atom. The molecule has 1 N–H and O–H groups in total. The average Bonchev–Trinajstić information content (AvgIpc) is 2.93. The van der Waals surface area contributed by atoms with Crippen LogP contribution in [-0.2, 0) is 0 Å². The van der Waals surface area contributed by atoms with Gasteiger partial charge in [0.1, 0.15) is 5.75 Å². The lowest BCUT2D eigenvalue weighted by molar-refractivity contribution is -0.274. The van der Waals surface area contributed by atoms with Crippen LogP contribution in [0.5, 0.6) is 5.75 Å². The van der Waals surface area contributed by atoms with E-state index in [1.807, 2.05) is 6.07 Å². The molecule has 1 aliphatic rings. The summed E-state index contributed by atoms with van der Waals surface area (Å²) in [6.07, 6.45) is -4.12. The topological polar surface area (TPSA) is 80.5 Å². The molecule has 7 nitrogen and oxygen atoms in total. The number of aromatic nitrogens is 3. The van der Waals surface area contributed by atoms with Gasteiger partial charge >= 0.3 is 12.5 Å². The Balaban J connectivity index is 1.72. The SMILES string of the molecule is O=C(O)N1CC(c2nn(-c3ccc(OC(F)(F)F)cc3)c3nccc(I)c23)C1. The highest BCUT2D eigenvalue weighted by molar-refractivity contribution is 14.1. The number of ether oxygens (including phenoxy) is 1. The van der Waals surface area contributed by atoms with E-state index in [-0.39, 0.29) is 11.7 Å². The van der Waals surface area contributed by atoms with Crippen LogP contribution in [0.2, 0.25) is 0 Å². The number of likely N-dealkylation sites (tertiary alicyclic amines) is 1. The molecule has 1 fully saturated rings. The summed E-state index contributed by atoms with van der Waals surface area (Å²) in [5.41, 5.74) is 1.80. The highest BCUT2D eigenvalue weighted by atomic mass is 127. The molecule has 0 spiro atoms. The number of rotatable bonds is 3. The number of pyridine rings is 1. The van der Waals surface area contributed by atoms with E-state index in [1.54, 1.807) is 10.9 Å². The summed E-state index contributed by atoms with van der Waals surface area (Å²) in [5.74, 6) is -0.392. The summed E-state index contributed by atoms with van der Waals surface area (Å²) < 4.78 is 43.4. The number of carbonyl (C=O) groups is 1. The maximum absolute atomic E-state index is 12.3. The van der Waals surface area contributed by atoms with E-state index >= 15 is 0 Å². The van der Waals surface area contributed by atoms with Crippen LogP contribution in [-0.4, -0.2) is 50.3 Å². The third-order valence-corrected chi connectivity index (χ3v) is 5.30. The molecule has 0 radical (unpaired) electrons. The highest BCUT2D eigenvalue weighted by Crippen LogP contribution is 2.34. The molecule has 3 aromatic rings. The van der Waals surface area contributed by atoms with Gasteiger partial charge in [-0.1, -0.05) is 0 Å². The number of amides is 1. The molecule has 0 saturated carbocycles. The molecule has 11 heteroatoms. The first-order chi connectivity index (χ1) is 13.2. The summed E-state index contributed by atoms with van der Waals surface area (Å²) >= 11 is 2.16. The second kappa shape index (κ2) is 6.79. The standard InChI is InChI=1S/C17H12F3IN4O3/c18-17(19,20)28-11-3-1-10(2-4-11)25-15-13(12(21)5-6-22-15)14(23-25)9-7-24(8-9)16(26)27/h1-6,9H,7-8H2,(H,26,27). The van der Waals surface area contributed by atoms with Crippen molar-refractivity contribution < 1.29 is 27.8 Å². The maximum atomic E-state index is 12.3. The molecule has 1 amide bonds. The molecule has 1 aliphatic heterocycles. The number of fused-ring (bicyclic) bond motifs is 1. The Bertz CT molecular complexity index is 1050. The van der Waals surface area contributed by atoms with Crippen molar-refractivity contribution in [1.29, 1.82) is 0 Å². The van der Waals surface area contributed by atoms with Crippen molar-refractivity contribution in [2.45, 2.75) is 12.3 Å². The van der Waals surface area contributed by atoms with Gasteiger partial charge in [-0.25, -0.2) is 14.5 Å². The molecule has 1 saturated heterocycles. The molecule has 146 valence electrons. The Labute approximate surface area is 169 Å². The van der Waals surface area contributed by atoms with Crippen LogP contribution < -0.4 is 4.74 Å². The average molecular weight is 504 g/mol. The number of nitrogens with zero attached hydrogens (tertiary/aromatic N) is 4. The van der Waals surface area contributed by atoms with Crippen molar-refractivity contribution >= 4 is 39.7 Å². The van der Waals surface area contributed by atoms with Gasteiger partial charge in [-0.2, -0.15) is 5.10 Å². The van der Waals surface area contributed by atoms with E-state index in [2.05, 4.69) is 37.4 Å². The van der Waals surface area contributed by atoms with E-state index in [0.29, 0.717) is 24.4 Å². The minimum atomic E-state index is -4.76. The monoisotopic (exact) mass is 504 g/mol. The van der Waals surface area contributed by atoms with E-state index in [0.717, 1.165) is 14.7 Å². The first-order valence-corrected chi connectivity index (χ1v) is 9.18. The molecule has 28 heavy (non-hydrogen) atoms. The molecule has 4 rings (SSSR count). The van der Waals surface area contributed by atoms with Crippen molar-refractivity contribution in [3.63, 3.8) is 0 Å². The van der Waals surface area contributed by atoms with Crippen LogP contribution >= 0.6 is 22.6 Å². The van der Waals surface area contributed by atoms with Crippen molar-refractivity contribution in [3.05, 3.63) is 45.8 Å². The molecular formula is C17H12F3IN4O3. The van der Waals surface area contributed by atoms with Gasteiger partial charge in [0.25, 0.3) is 0 Å². The van der Waals surface area contributed by atoms with Gasteiger partial charge in [0.2, 0.25) is 0 Å². The van der Waals surface area contributed by atoms with Gasteiger partial charge < -0.3 is 14.7 Å². The molecule has 0 bridgehead atoms. The summed E-state index contributed by atoms with van der Waals surface area (Å²) in [4.78, 5) is 16.7. The van der Waals surface area contributed by atoms with Crippen LogP contribution in [0.3, 0.4) is 0 Å². The van der Waals surface area contributed by atoms with Gasteiger partial charge in [-0.05, 0) is 52.9 Å². The maximum Gasteiger partial charge on any atom is 0.573 e. The lowest BCUT2D eigenvalue weighted by Gasteiger charge is -2.36. The molecular weight excluding hydrogens is 492 g/mol. The normalized spacial score (nSPS) is 14.9. The minimum absolute atomic E-state index is 0.0644. The molecule has 0 atom stereocenters. The number of hydrogen-bond acceptors (Lipinski definition) is 4. The van der Waals surface area contributed by atoms with Gasteiger partial charge in [0.05, 0.1) is 16.8 Å². The van der Waals surface area contributed by atoms with Gasteiger partial charge in [0.15, 0.2) is 5.65 Å². The molecule has 0 unspecified atom stereocenters. The van der Waals surface area contributed by atoms with Crippen LogP contribution in [0.4, 0.5) is 18.0 Å². The quantitative estimate of drug-likeness (QED) is 0.546. The first-order valence-electron chi connectivity index (χ1n) is 8.10. The summed E-state index contributed by atoms with van der Waals surface area (Å²) in [6, 6.07) is 7.16. The van der Waals surface area contributed by atoms with Crippen LogP contribution in [0.1, 0.15) is 11.6 Å². The fourth-order valence-electron chi connectivity index (χ4n) is 3.09. The Morgan fingerprint density at radius 1 is 1.21 bits per heavy atom. The van der Waals surface area contributed by atoms with Gasteiger partial charge in [-0.3, -0.25) is 0 Å². The van der Waals surface area contributed by atoms with Gasteiger partial charge in [-0.15, -0.1) is 13.2 Å². The Morgan fingerprint density at radius 3 is 2.50 bits per heavy atom. The zero-order chi connectivity index (χ0) is 20.1. The van der Waals surface area contributed by atoms with E-state index in [9.17, 15) is 18.0 Å². The van der Waals surface area contributed by atoms with E-state index in [1.165, 1.54) is 29.2 Å². The fourth-order valence-corrected chi connectivity index (χ4v) is 3.77. The second-order valence-corrected chi connectivity index (χ2v) is 7.38. The summed E-state index contributed by atoms with van der Waals surface area (Å²) in [5, 5.41) is 14.5. The van der Waals surface area contributed by atoms with Crippen LogP contribution in [0.15, 0.2) is 36.5 Å². The zero-order valence-electron chi connectivity index (χ0n) is 14.0. The predicted molar refractivity (Wildman–Crippen MR) is 101 cm³/mol. The predicted octanol–water partition coefficient (Wildman–Crippen LogP) is 4.00. The van der Waals surface area contributed by atoms with E-state index in [4.69, 9.17) is 5.11 Å². The number of halogens is 4. The molecule has 2 aromatic heterocycles. The number of hydrogen-bond donors (Lipinski definition) is 1. The Hall–Kier alpha value is -2.57. The summed E-state index contributed by atoms with van der Waals surface area (Å²) in [6.45, 7) is 0.676. The van der Waals surface area contributed by atoms with Crippen LogP contribution in [0, 0.1) is 3.57 Å². The third kappa shape index (κ3) is 3.45. The molecule has 1 aromatic carbocycles. The second-order valence-electron chi connectivity index (χ2n) is 6.21. The lowest BCUT2D eigenvalue weighted by atomic mass is 9.95. The van der Waals surface area contributed by atoms with Crippen molar-refractivity contribution in [2.24, 2.45) is 0 Å². The zero-order valence-corrected chi connectivity index (χ0v) is 16.2. The largest absolute Gasteiger partial charge is 0.573 e. The fraction of sp³-hybridized carbons (Fsp3) is 0.235. The van der Waals surface area contributed by atoms with Gasteiger partial charge in [0, 0.05) is 28.8 Å². The number of alkyl halides is 3.